The smallest absolute Gasteiger partial charge is 0.306 e. The van der Waals surface area contributed by atoms with Crippen molar-refractivity contribution in [3.05, 3.63) is 85.1 Å². The lowest BCUT2D eigenvalue weighted by molar-refractivity contribution is -0.167. The second-order valence-corrected chi connectivity index (χ2v) is 19.2. The first kappa shape index (κ1) is 65.6. The summed E-state index contributed by atoms with van der Waals surface area (Å²) < 4.78 is 16.8. The molecule has 0 rings (SSSR count). The Kier molecular flexibility index (Phi) is 54.3. The van der Waals surface area contributed by atoms with E-state index in [4.69, 9.17) is 14.2 Å². The minimum absolute atomic E-state index is 0.0925. The van der Waals surface area contributed by atoms with Crippen molar-refractivity contribution in [2.24, 2.45) is 0 Å². The van der Waals surface area contributed by atoms with Crippen molar-refractivity contribution in [2.45, 2.75) is 284 Å². The second-order valence-electron chi connectivity index (χ2n) is 19.2. The third-order valence-electron chi connectivity index (χ3n) is 12.3. The molecule has 6 heteroatoms. The molecule has 0 bridgehead atoms. The molecular weight excluding hydrogens is 853 g/mol. The molecule has 396 valence electrons. The van der Waals surface area contributed by atoms with E-state index in [0.29, 0.717) is 19.3 Å². The average Bonchev–Trinajstić information content (AvgIpc) is 3.35. The van der Waals surface area contributed by atoms with Gasteiger partial charge < -0.3 is 14.2 Å². The highest BCUT2D eigenvalue weighted by atomic mass is 16.6. The van der Waals surface area contributed by atoms with Crippen LogP contribution in [-0.2, 0) is 28.6 Å². The van der Waals surface area contributed by atoms with Crippen molar-refractivity contribution in [2.75, 3.05) is 13.2 Å². The van der Waals surface area contributed by atoms with Gasteiger partial charge in [-0.1, -0.05) is 221 Å². The summed E-state index contributed by atoms with van der Waals surface area (Å²) in [7, 11) is 0. The fourth-order valence-electron chi connectivity index (χ4n) is 7.92. The Balaban J connectivity index is 4.44. The lowest BCUT2D eigenvalue weighted by atomic mass is 10.1. The summed E-state index contributed by atoms with van der Waals surface area (Å²) in [5.74, 6) is -0.927. The zero-order valence-corrected chi connectivity index (χ0v) is 45.3. The van der Waals surface area contributed by atoms with Crippen LogP contribution in [0.25, 0.3) is 0 Å². The summed E-state index contributed by atoms with van der Waals surface area (Å²) in [4.78, 5) is 38.2. The summed E-state index contributed by atoms with van der Waals surface area (Å²) >= 11 is 0. The maximum atomic E-state index is 12.9. The number of hydrogen-bond donors (Lipinski definition) is 0. The Bertz CT molecular complexity index is 1330. The first-order valence-electron chi connectivity index (χ1n) is 29.1. The molecule has 0 fully saturated rings. The van der Waals surface area contributed by atoms with Crippen LogP contribution in [0, 0.1) is 0 Å². The topological polar surface area (TPSA) is 78.9 Å². The summed E-state index contributed by atoms with van der Waals surface area (Å²) in [5, 5.41) is 0. The van der Waals surface area contributed by atoms with Gasteiger partial charge in [-0.15, -0.1) is 0 Å². The van der Waals surface area contributed by atoms with Gasteiger partial charge in [-0.2, -0.15) is 0 Å². The van der Waals surface area contributed by atoms with Gasteiger partial charge in [0.1, 0.15) is 13.2 Å². The molecule has 0 unspecified atom stereocenters. The van der Waals surface area contributed by atoms with Gasteiger partial charge in [0.25, 0.3) is 0 Å². The molecule has 0 aliphatic heterocycles. The van der Waals surface area contributed by atoms with Crippen molar-refractivity contribution in [3.8, 4) is 0 Å². The van der Waals surface area contributed by atoms with Crippen LogP contribution in [0.15, 0.2) is 85.1 Å². The number of allylic oxidation sites excluding steroid dienone is 14. The van der Waals surface area contributed by atoms with E-state index in [1.807, 2.05) is 0 Å². The number of carbonyl (C=O) groups excluding carboxylic acids is 3. The summed E-state index contributed by atoms with van der Waals surface area (Å²) in [6, 6.07) is 0. The van der Waals surface area contributed by atoms with Crippen LogP contribution >= 0.6 is 0 Å². The first-order valence-corrected chi connectivity index (χ1v) is 29.1. The van der Waals surface area contributed by atoms with E-state index >= 15 is 0 Å². The average molecular weight is 962 g/mol. The van der Waals surface area contributed by atoms with Gasteiger partial charge >= 0.3 is 17.9 Å². The third kappa shape index (κ3) is 55.4. The van der Waals surface area contributed by atoms with Gasteiger partial charge in [-0.05, 0) is 122 Å². The van der Waals surface area contributed by atoms with Crippen LogP contribution in [-0.4, -0.2) is 37.2 Å². The van der Waals surface area contributed by atoms with Crippen molar-refractivity contribution in [3.63, 3.8) is 0 Å². The van der Waals surface area contributed by atoms with Crippen LogP contribution < -0.4 is 0 Å². The number of ether oxygens (including phenoxy) is 3. The molecular formula is C63H108O6. The van der Waals surface area contributed by atoms with Gasteiger partial charge in [-0.25, -0.2) is 0 Å². The van der Waals surface area contributed by atoms with E-state index in [9.17, 15) is 14.4 Å². The van der Waals surface area contributed by atoms with Crippen LogP contribution in [0.3, 0.4) is 0 Å². The summed E-state index contributed by atoms with van der Waals surface area (Å²) in [6.45, 7) is 6.54. The summed E-state index contributed by atoms with van der Waals surface area (Å²) in [5.41, 5.74) is 0. The van der Waals surface area contributed by atoms with E-state index < -0.39 is 6.10 Å². The third-order valence-corrected chi connectivity index (χ3v) is 12.3. The number of esters is 3. The SMILES string of the molecule is CCCCC/C=C\C/C=C\C/C=C\CCCCCCC(=O)O[C@@H](COC(=O)CCCCCCC/C=C\C/C=C\CCCCC)COC(=O)CCCCCCCCCCC/C=C\C/C=C\CCCCC. The van der Waals surface area contributed by atoms with Gasteiger partial charge in [0.05, 0.1) is 0 Å². The van der Waals surface area contributed by atoms with Crippen LogP contribution in [0.1, 0.15) is 278 Å². The fourth-order valence-corrected chi connectivity index (χ4v) is 7.92. The Labute approximate surface area is 426 Å². The largest absolute Gasteiger partial charge is 0.462 e. The quantitative estimate of drug-likeness (QED) is 0.0262. The van der Waals surface area contributed by atoms with Crippen LogP contribution in [0.2, 0.25) is 0 Å². The maximum absolute atomic E-state index is 12.9. The highest BCUT2D eigenvalue weighted by molar-refractivity contribution is 5.71. The molecule has 0 heterocycles. The Morgan fingerprint density at radius 2 is 0.522 bits per heavy atom. The minimum atomic E-state index is -0.797. The van der Waals surface area contributed by atoms with Gasteiger partial charge in [0.15, 0.2) is 6.10 Å². The Morgan fingerprint density at radius 1 is 0.290 bits per heavy atom. The molecule has 0 saturated heterocycles. The normalized spacial score (nSPS) is 12.7. The molecule has 0 aromatic carbocycles. The monoisotopic (exact) mass is 961 g/mol. The zero-order chi connectivity index (χ0) is 50.0. The number of hydrogen-bond acceptors (Lipinski definition) is 6. The van der Waals surface area contributed by atoms with Gasteiger partial charge in [0.2, 0.25) is 0 Å². The summed E-state index contributed by atoms with van der Waals surface area (Å²) in [6.07, 6.45) is 74.2. The van der Waals surface area contributed by atoms with E-state index in [-0.39, 0.29) is 31.1 Å². The van der Waals surface area contributed by atoms with Crippen LogP contribution in [0.4, 0.5) is 0 Å². The zero-order valence-electron chi connectivity index (χ0n) is 45.3. The Morgan fingerprint density at radius 3 is 0.812 bits per heavy atom. The fraction of sp³-hybridized carbons (Fsp3) is 0.730. The molecule has 1 atom stereocenters. The van der Waals surface area contributed by atoms with E-state index in [2.05, 4.69) is 106 Å². The molecule has 6 nitrogen and oxygen atoms in total. The van der Waals surface area contributed by atoms with Crippen molar-refractivity contribution < 1.29 is 28.6 Å². The van der Waals surface area contributed by atoms with E-state index in [0.717, 1.165) is 116 Å². The first-order chi connectivity index (χ1) is 34.0. The maximum Gasteiger partial charge on any atom is 0.306 e. The highest BCUT2D eigenvalue weighted by Crippen LogP contribution is 2.14. The number of unbranched alkanes of at least 4 members (excludes halogenated alkanes) is 27. The van der Waals surface area contributed by atoms with E-state index in [1.165, 1.54) is 122 Å². The number of carbonyl (C=O) groups is 3. The Hall–Kier alpha value is -3.41. The molecule has 0 N–H and O–H groups in total. The van der Waals surface area contributed by atoms with Crippen molar-refractivity contribution in [1.29, 1.82) is 0 Å². The van der Waals surface area contributed by atoms with E-state index in [1.54, 1.807) is 0 Å². The van der Waals surface area contributed by atoms with Gasteiger partial charge in [-0.3, -0.25) is 14.4 Å². The standard InChI is InChI=1S/C63H108O6/c1-4-7-10-13-16-19-22-25-28-30-31-33-35-38-41-44-47-50-53-56-62(65)68-59-60(58-67-61(64)55-52-49-46-43-40-37-34-27-24-21-18-15-12-9-6-3)69-63(66)57-54-51-48-45-42-39-36-32-29-26-23-20-17-14-11-8-5-2/h16-21,25-29,34,36,39,60H,4-15,22-24,30-33,35,37-38,40-59H2,1-3H3/b19-16-,20-17-,21-18-,28-25-,29-26-,34-27-,39-36-/t60-/m0/s1. The molecule has 0 saturated carbocycles. The molecule has 0 aromatic heterocycles. The highest BCUT2D eigenvalue weighted by Gasteiger charge is 2.19. The molecule has 69 heavy (non-hydrogen) atoms. The van der Waals surface area contributed by atoms with Crippen molar-refractivity contribution >= 4 is 17.9 Å². The second kappa shape index (κ2) is 57.2. The predicted octanol–water partition coefficient (Wildman–Crippen LogP) is 19.5. The molecule has 0 aliphatic rings. The van der Waals surface area contributed by atoms with Crippen molar-refractivity contribution in [1.82, 2.24) is 0 Å². The molecule has 0 aromatic rings. The lowest BCUT2D eigenvalue weighted by Gasteiger charge is -2.18. The molecule has 0 radical (unpaired) electrons. The molecule has 0 amide bonds. The minimum Gasteiger partial charge on any atom is -0.462 e. The molecule has 0 spiro atoms. The van der Waals surface area contributed by atoms with Gasteiger partial charge in [0, 0.05) is 19.3 Å². The predicted molar refractivity (Wildman–Crippen MR) is 297 cm³/mol. The lowest BCUT2D eigenvalue weighted by Crippen LogP contribution is -2.30. The molecule has 0 aliphatic carbocycles. The number of rotatable bonds is 52. The van der Waals surface area contributed by atoms with Crippen LogP contribution in [0.5, 0.6) is 0 Å².